The van der Waals surface area contributed by atoms with E-state index in [9.17, 15) is 4.79 Å². The van der Waals surface area contributed by atoms with Crippen molar-refractivity contribution < 1.29 is 95.0 Å². The Kier molecular flexibility index (Phi) is 27.9. The number of carbonyl (C=O) groups is 4. The van der Waals surface area contributed by atoms with Gasteiger partial charge in [-0.25, -0.2) is 9.59 Å². The number of nitrogens with one attached hydrogen (secondary N) is 1. The van der Waals surface area contributed by atoms with Crippen LogP contribution in [0.15, 0.2) is 297 Å². The molecule has 15 rings (SSSR count). The zero-order chi connectivity index (χ0) is 78.3. The molecule has 10 aromatic carbocycles. The number of imide groups is 1. The minimum atomic E-state index is -1.72. The Morgan fingerprint density at radius 2 is 0.791 bits per heavy atom. The number of carbonyl (C=O) groups excluding carboxylic acids is 4. The number of hydrogen-bond donors (Lipinski definition) is 1. The van der Waals surface area contributed by atoms with E-state index in [0.29, 0.717) is 5.56 Å². The predicted molar refractivity (Wildman–Crippen MR) is 420 cm³/mol. The number of fused-ring (bicyclic) bond motifs is 2. The Morgan fingerprint density at radius 1 is 0.383 bits per heavy atom. The van der Waals surface area contributed by atoms with Crippen molar-refractivity contribution in [1.82, 2.24) is 10.2 Å². The van der Waals surface area contributed by atoms with Gasteiger partial charge in [-0.05, 0) is 69.6 Å². The minimum Gasteiger partial charge on any atom is -0.450 e. The maximum Gasteiger partial charge on any atom is 0.407 e. The molecule has 22 nitrogen and oxygen atoms in total. The first-order valence-corrected chi connectivity index (χ1v) is 38.9. The van der Waals surface area contributed by atoms with Gasteiger partial charge in [0, 0.05) is 12.1 Å². The van der Waals surface area contributed by atoms with Crippen LogP contribution in [0, 0.1) is 0 Å². The second-order valence-electron chi connectivity index (χ2n) is 28.5. The normalized spacial score (nSPS) is 25.1. The van der Waals surface area contributed by atoms with Crippen molar-refractivity contribution in [2.75, 3.05) is 33.0 Å². The van der Waals surface area contributed by atoms with Gasteiger partial charge in [-0.15, -0.1) is 0 Å². The van der Waals surface area contributed by atoms with E-state index >= 15 is 14.4 Å². The van der Waals surface area contributed by atoms with Gasteiger partial charge in [0.25, 0.3) is 11.8 Å². The predicted octanol–water partition coefficient (Wildman–Crippen LogP) is 14.0. The van der Waals surface area contributed by atoms with Crippen molar-refractivity contribution in [3.63, 3.8) is 0 Å². The van der Waals surface area contributed by atoms with Gasteiger partial charge in [0.2, 0.25) is 0 Å². The molecule has 0 saturated carbocycles. The highest BCUT2D eigenvalue weighted by Gasteiger charge is 2.61. The number of ether oxygens (including phenoxy) is 16. The number of hydrogen-bond acceptors (Lipinski definition) is 20. The summed E-state index contributed by atoms with van der Waals surface area (Å²) in [5, 5.41) is 2.80. The van der Waals surface area contributed by atoms with Gasteiger partial charge in [0.05, 0.1) is 82.8 Å². The summed E-state index contributed by atoms with van der Waals surface area (Å²) in [5.74, 6) is -2.11. The summed E-state index contributed by atoms with van der Waals surface area (Å²) in [4.78, 5) is 60.6. The number of esters is 1. The van der Waals surface area contributed by atoms with Crippen LogP contribution >= 0.6 is 0 Å². The Bertz CT molecular complexity index is 4620. The second-order valence-corrected chi connectivity index (χ2v) is 28.5. The van der Waals surface area contributed by atoms with Crippen LogP contribution in [0.25, 0.3) is 0 Å². The summed E-state index contributed by atoms with van der Waals surface area (Å²) < 4.78 is 113. The molecule has 594 valence electrons. The van der Waals surface area contributed by atoms with Gasteiger partial charge < -0.3 is 81.1 Å². The average Bonchev–Trinajstić information content (AvgIpc) is 1.72. The molecule has 5 heterocycles. The third kappa shape index (κ3) is 20.8. The molecule has 4 fully saturated rings. The SMILES string of the molecule is O=C(NCCCO[C@@H]1O[C@H](COCc2ccccc2)[C@@H](O[C@@H]2O[C@@H]3COC(c4ccccc4)O[C@@H]3[C@H](O[C@H]3O[C@H](COCc4ccccc4)[C@H](OCc4ccccc4)[C@H](OCc4ccccc4)[C@H]3OCc3ccccc3)[C@H]2OC(=O)c2ccccc2)[C@H](OCc2ccccc2)[C@H]1N1C(=O)c2ccccc2C1=O)OCc1ccccc1. The summed E-state index contributed by atoms with van der Waals surface area (Å²) in [5.41, 5.74) is 6.99. The van der Waals surface area contributed by atoms with E-state index < -0.39 is 122 Å². The lowest BCUT2D eigenvalue weighted by molar-refractivity contribution is -0.408. The van der Waals surface area contributed by atoms with Crippen LogP contribution in [0.3, 0.4) is 0 Å². The summed E-state index contributed by atoms with van der Waals surface area (Å²) in [6.45, 7) is 0.162. The summed E-state index contributed by atoms with van der Waals surface area (Å²) in [6, 6.07) is 90.3. The van der Waals surface area contributed by atoms with Crippen molar-refractivity contribution in [3.8, 4) is 0 Å². The third-order valence-corrected chi connectivity index (χ3v) is 20.5. The smallest absolute Gasteiger partial charge is 0.407 e. The molecule has 10 aromatic rings. The molecule has 0 radical (unpaired) electrons. The molecular formula is C93H92N2O20. The van der Waals surface area contributed by atoms with Crippen molar-refractivity contribution >= 4 is 23.9 Å². The molecular weight excluding hydrogens is 1470 g/mol. The van der Waals surface area contributed by atoms with Gasteiger partial charge in [0.1, 0.15) is 73.7 Å². The van der Waals surface area contributed by atoms with Gasteiger partial charge in [-0.1, -0.05) is 273 Å². The monoisotopic (exact) mass is 1560 g/mol. The first-order chi connectivity index (χ1) is 56.7. The van der Waals surface area contributed by atoms with E-state index in [0.717, 1.165) is 43.8 Å². The van der Waals surface area contributed by atoms with E-state index in [1.807, 2.05) is 243 Å². The Balaban J connectivity index is 0.847. The fourth-order valence-corrected chi connectivity index (χ4v) is 14.8. The zero-order valence-electron chi connectivity index (χ0n) is 63.3. The molecule has 0 spiro atoms. The van der Waals surface area contributed by atoms with E-state index in [2.05, 4.69) is 5.32 Å². The lowest BCUT2D eigenvalue weighted by Gasteiger charge is -2.53. The molecule has 22 heteroatoms. The van der Waals surface area contributed by atoms with Crippen LogP contribution in [0.2, 0.25) is 0 Å². The van der Waals surface area contributed by atoms with Crippen LogP contribution in [0.4, 0.5) is 4.79 Å². The van der Waals surface area contributed by atoms with Crippen LogP contribution in [0.1, 0.15) is 88.3 Å². The third-order valence-electron chi connectivity index (χ3n) is 20.5. The fraction of sp³-hybridized carbons (Fsp3) is 0.312. The van der Waals surface area contributed by atoms with Crippen LogP contribution in [0.5, 0.6) is 0 Å². The largest absolute Gasteiger partial charge is 0.450 e. The molecule has 4 saturated heterocycles. The molecule has 0 aromatic heterocycles. The van der Waals surface area contributed by atoms with Gasteiger partial charge in [0.15, 0.2) is 31.3 Å². The lowest BCUT2D eigenvalue weighted by atomic mass is 9.93. The molecule has 3 amide bonds. The first kappa shape index (κ1) is 79.7. The van der Waals surface area contributed by atoms with Crippen molar-refractivity contribution in [2.24, 2.45) is 0 Å². The van der Waals surface area contributed by atoms with E-state index in [4.69, 9.17) is 75.8 Å². The molecule has 0 bridgehead atoms. The molecule has 5 aliphatic heterocycles. The molecule has 16 atom stereocenters. The average molecular weight is 1560 g/mol. The number of rotatable bonds is 35. The summed E-state index contributed by atoms with van der Waals surface area (Å²) in [7, 11) is 0. The number of nitrogens with zero attached hydrogens (tertiary/aromatic N) is 1. The standard InChI is InChI=1S/C93H92N2O20/c96-86-72-49-28-29-50-73(72)87(97)95(86)77-81(104-56-66-37-16-4-17-38-66)79(75(61-101-54-64-33-12-2-13-34-64)109-90(77)102-52-30-51-94-93(99)108-59-69-43-22-7-23-44-69)114-92-85(112-88(98)70-45-24-8-25-46-70)83(80-76(111-92)62-107-89(113-80)71-47-26-9-27-48-71)115-91-84(106-58-68-41-20-6-21-42-68)82(105-57-67-39-18-5-19-40-67)78(103-55-65-35-14-3-15-36-65)74(110-91)60-100-53-63-31-10-1-11-32-63/h1-29,31-50,74-85,89-92H,30,51-62H2,(H,94,99)/t74-,75-,76-,77-,78+,79-,80+,81-,82+,83+,84-,85-,89?,90-,91-,92+/m1/s1. The van der Waals surface area contributed by atoms with Gasteiger partial charge in [-0.3, -0.25) is 14.5 Å². The molecule has 0 aliphatic carbocycles. The van der Waals surface area contributed by atoms with Gasteiger partial charge in [-0.2, -0.15) is 0 Å². The second kappa shape index (κ2) is 40.2. The molecule has 115 heavy (non-hydrogen) atoms. The number of alkyl carbamates (subject to hydrolysis) is 1. The van der Waals surface area contributed by atoms with Crippen LogP contribution in [-0.4, -0.2) is 154 Å². The van der Waals surface area contributed by atoms with Crippen molar-refractivity contribution in [1.29, 1.82) is 0 Å². The number of amides is 3. The Labute approximate surface area is 668 Å². The quantitative estimate of drug-likeness (QED) is 0.0221. The maximum absolute atomic E-state index is 15.6. The summed E-state index contributed by atoms with van der Waals surface area (Å²) in [6.07, 6.45) is -19.6. The molecule has 5 aliphatic rings. The lowest BCUT2D eigenvalue weighted by Crippen LogP contribution is -2.70. The van der Waals surface area contributed by atoms with E-state index in [-0.39, 0.29) is 102 Å². The number of benzene rings is 10. The van der Waals surface area contributed by atoms with Gasteiger partial charge >= 0.3 is 12.1 Å². The fourth-order valence-electron chi connectivity index (χ4n) is 14.8. The highest BCUT2D eigenvalue weighted by atomic mass is 16.8. The Morgan fingerprint density at radius 3 is 1.30 bits per heavy atom. The van der Waals surface area contributed by atoms with E-state index in [1.54, 1.807) is 54.6 Å². The first-order valence-electron chi connectivity index (χ1n) is 38.9. The summed E-state index contributed by atoms with van der Waals surface area (Å²) >= 11 is 0. The molecule has 1 unspecified atom stereocenters. The minimum absolute atomic E-state index is 0.0390. The van der Waals surface area contributed by atoms with Crippen LogP contribution in [-0.2, 0) is 122 Å². The molecule has 1 N–H and O–H groups in total. The van der Waals surface area contributed by atoms with Crippen molar-refractivity contribution in [2.45, 2.75) is 151 Å². The highest BCUT2D eigenvalue weighted by molar-refractivity contribution is 6.21. The Hall–Kier alpha value is -10.5. The van der Waals surface area contributed by atoms with Crippen LogP contribution < -0.4 is 5.32 Å². The van der Waals surface area contributed by atoms with Crippen molar-refractivity contribution in [3.05, 3.63) is 358 Å². The zero-order valence-corrected chi connectivity index (χ0v) is 63.3. The topological polar surface area (TPSA) is 231 Å². The highest BCUT2D eigenvalue weighted by Crippen LogP contribution is 2.44. The maximum atomic E-state index is 15.6. The van der Waals surface area contributed by atoms with E-state index in [1.165, 1.54) is 0 Å².